The van der Waals surface area contributed by atoms with Crippen molar-refractivity contribution in [2.24, 2.45) is 10.9 Å². The van der Waals surface area contributed by atoms with Crippen LogP contribution in [0.15, 0.2) is 45.6 Å². The summed E-state index contributed by atoms with van der Waals surface area (Å²) >= 11 is 1.45. The fourth-order valence-electron chi connectivity index (χ4n) is 4.02. The summed E-state index contributed by atoms with van der Waals surface area (Å²) in [5.74, 6) is 1.33. The quantitative estimate of drug-likeness (QED) is 0.526. The number of hydrogen-bond acceptors (Lipinski definition) is 8. The van der Waals surface area contributed by atoms with Crippen LogP contribution in [0.3, 0.4) is 0 Å². The first-order valence-electron chi connectivity index (χ1n) is 11.5. The summed E-state index contributed by atoms with van der Waals surface area (Å²) in [4.78, 5) is 32.6. The number of nitrogens with one attached hydrogen (secondary N) is 1. The number of benzene rings is 1. The van der Waals surface area contributed by atoms with Gasteiger partial charge in [0.15, 0.2) is 5.17 Å². The molecule has 1 aliphatic carbocycles. The molecule has 1 atom stereocenters. The van der Waals surface area contributed by atoms with Crippen LogP contribution in [0.2, 0.25) is 0 Å². The molecule has 0 spiro atoms. The van der Waals surface area contributed by atoms with Gasteiger partial charge in [0.1, 0.15) is 11.5 Å². The summed E-state index contributed by atoms with van der Waals surface area (Å²) in [5.41, 5.74) is 2.58. The molecule has 0 unspecified atom stereocenters. The third kappa shape index (κ3) is 5.24. The van der Waals surface area contributed by atoms with E-state index in [1.54, 1.807) is 20.3 Å². The molecule has 0 saturated heterocycles. The van der Waals surface area contributed by atoms with E-state index in [4.69, 9.17) is 19.2 Å². The van der Waals surface area contributed by atoms with Gasteiger partial charge in [0, 0.05) is 18.3 Å². The fourth-order valence-corrected chi connectivity index (χ4v) is 4.98. The molecule has 1 N–H and O–H groups in total. The molecular formula is C25H31N3O5S. The molecule has 1 aromatic rings. The van der Waals surface area contributed by atoms with Crippen molar-refractivity contribution in [2.45, 2.75) is 52.2 Å². The molecule has 1 aromatic carbocycles. The van der Waals surface area contributed by atoms with Crippen LogP contribution in [0, 0.1) is 5.92 Å². The lowest BCUT2D eigenvalue weighted by atomic mass is 9.93. The van der Waals surface area contributed by atoms with E-state index in [-0.39, 0.29) is 18.4 Å². The zero-order valence-electron chi connectivity index (χ0n) is 20.2. The largest absolute Gasteiger partial charge is 0.497 e. The van der Waals surface area contributed by atoms with Gasteiger partial charge in [0.05, 0.1) is 44.1 Å². The number of carbonyl (C=O) groups is 2. The lowest BCUT2D eigenvalue weighted by Gasteiger charge is -2.36. The minimum atomic E-state index is -0.541. The molecule has 1 saturated carbocycles. The van der Waals surface area contributed by atoms with Gasteiger partial charge in [-0.25, -0.2) is 9.79 Å². The van der Waals surface area contributed by atoms with Crippen molar-refractivity contribution in [3.8, 4) is 11.5 Å². The molecule has 1 fully saturated rings. The second-order valence-electron chi connectivity index (χ2n) is 8.92. The number of fused-ring (bicyclic) bond motifs is 1. The summed E-state index contributed by atoms with van der Waals surface area (Å²) in [6.45, 7) is 6.15. The van der Waals surface area contributed by atoms with E-state index in [0.29, 0.717) is 35.2 Å². The minimum absolute atomic E-state index is 0.0421. The Labute approximate surface area is 204 Å². The summed E-state index contributed by atoms with van der Waals surface area (Å²) in [7, 11) is 3.17. The van der Waals surface area contributed by atoms with Crippen LogP contribution < -0.4 is 14.8 Å². The molecular weight excluding hydrogens is 454 g/mol. The number of methoxy groups -OCH3 is 2. The van der Waals surface area contributed by atoms with Crippen molar-refractivity contribution < 1.29 is 23.8 Å². The number of amides is 1. The van der Waals surface area contributed by atoms with Crippen molar-refractivity contribution in [3.05, 3.63) is 46.1 Å². The van der Waals surface area contributed by atoms with Gasteiger partial charge in [0.2, 0.25) is 5.91 Å². The third-order valence-corrected chi connectivity index (χ3v) is 6.77. The molecule has 9 heteroatoms. The Bertz CT molecular complexity index is 1050. The highest BCUT2D eigenvalue weighted by Gasteiger charge is 2.41. The van der Waals surface area contributed by atoms with Crippen molar-refractivity contribution >= 4 is 28.8 Å². The number of carbonyl (C=O) groups excluding carboxylic acids is 2. The molecule has 0 aromatic heterocycles. The zero-order valence-corrected chi connectivity index (χ0v) is 21.0. The molecule has 182 valence electrons. The summed E-state index contributed by atoms with van der Waals surface area (Å²) in [5, 5.41) is 5.68. The van der Waals surface area contributed by atoms with Gasteiger partial charge in [-0.3, -0.25) is 4.79 Å². The number of nitrogens with zero attached hydrogens (tertiary/aromatic N) is 2. The summed E-state index contributed by atoms with van der Waals surface area (Å²) in [6, 6.07) is 4.99. The van der Waals surface area contributed by atoms with Crippen LogP contribution in [0.25, 0.3) is 0 Å². The van der Waals surface area contributed by atoms with Crippen LogP contribution in [0.1, 0.15) is 51.6 Å². The normalized spacial score (nSPS) is 19.5. The van der Waals surface area contributed by atoms with Crippen molar-refractivity contribution in [1.82, 2.24) is 10.2 Å². The monoisotopic (exact) mass is 485 g/mol. The zero-order chi connectivity index (χ0) is 24.4. The maximum Gasteiger partial charge on any atom is 0.338 e. The fraction of sp³-hybridized carbons (Fsp3) is 0.480. The number of amidine groups is 1. The maximum atomic E-state index is 13.3. The lowest BCUT2D eigenvalue weighted by molar-refractivity contribution is -0.143. The van der Waals surface area contributed by atoms with Gasteiger partial charge in [-0.1, -0.05) is 11.8 Å². The van der Waals surface area contributed by atoms with E-state index in [1.165, 1.54) is 24.6 Å². The highest BCUT2D eigenvalue weighted by Crippen LogP contribution is 2.46. The summed E-state index contributed by atoms with van der Waals surface area (Å²) < 4.78 is 16.6. The Morgan fingerprint density at radius 1 is 1.18 bits per heavy atom. The molecule has 2 aliphatic heterocycles. The van der Waals surface area contributed by atoms with Crippen molar-refractivity contribution in [1.29, 1.82) is 0 Å². The molecule has 3 aliphatic rings. The van der Waals surface area contributed by atoms with Gasteiger partial charge in [-0.15, -0.1) is 0 Å². The minimum Gasteiger partial charge on any atom is -0.497 e. The van der Waals surface area contributed by atoms with E-state index in [0.717, 1.165) is 16.4 Å². The first kappa shape index (κ1) is 24.2. The Balaban J connectivity index is 1.73. The SMILES string of the molecule is COc1cc(OC)cc([C@H]2C(C(=O)OC(C)C)=C(C)N=C3SC=C(CC(=O)NCC4CC4)N32)c1. The second-order valence-corrected chi connectivity index (χ2v) is 9.75. The molecule has 2 heterocycles. The van der Waals surface area contributed by atoms with Gasteiger partial charge in [-0.05, 0) is 62.6 Å². The Morgan fingerprint density at radius 3 is 2.44 bits per heavy atom. The van der Waals surface area contributed by atoms with E-state index < -0.39 is 12.0 Å². The molecule has 4 rings (SSSR count). The van der Waals surface area contributed by atoms with Gasteiger partial charge in [0.25, 0.3) is 0 Å². The number of aliphatic imine (C=N–C) groups is 1. The van der Waals surface area contributed by atoms with Gasteiger partial charge >= 0.3 is 5.97 Å². The smallest absolute Gasteiger partial charge is 0.338 e. The Kier molecular flexibility index (Phi) is 7.21. The number of esters is 1. The van der Waals surface area contributed by atoms with E-state index in [9.17, 15) is 9.59 Å². The molecule has 34 heavy (non-hydrogen) atoms. The Hall–Kier alpha value is -2.94. The predicted molar refractivity (Wildman–Crippen MR) is 132 cm³/mol. The number of hydrogen-bond donors (Lipinski definition) is 1. The number of ether oxygens (including phenoxy) is 3. The standard InChI is InChI=1S/C25H31N3O5S/c1-14(2)33-24(30)22-15(3)27-25-28(18(13-34-25)10-21(29)26-12-16-6-7-16)23(22)17-8-19(31-4)11-20(9-17)32-5/h8-9,11,13-14,16,23H,6-7,10,12H2,1-5H3,(H,26,29)/t23-/m0/s1. The molecule has 8 nitrogen and oxygen atoms in total. The highest BCUT2D eigenvalue weighted by atomic mass is 32.2. The van der Waals surface area contributed by atoms with Crippen LogP contribution >= 0.6 is 11.8 Å². The number of thioether (sulfide) groups is 1. The van der Waals surface area contributed by atoms with Crippen LogP contribution in [0.5, 0.6) is 11.5 Å². The molecule has 1 amide bonds. The second kappa shape index (κ2) is 10.1. The number of rotatable bonds is 9. The van der Waals surface area contributed by atoms with E-state index in [2.05, 4.69) is 5.32 Å². The van der Waals surface area contributed by atoms with E-state index in [1.807, 2.05) is 43.2 Å². The topological polar surface area (TPSA) is 89.5 Å². The van der Waals surface area contributed by atoms with Crippen LogP contribution in [-0.4, -0.2) is 48.8 Å². The highest BCUT2D eigenvalue weighted by molar-refractivity contribution is 8.16. The predicted octanol–water partition coefficient (Wildman–Crippen LogP) is 4.15. The molecule has 0 bridgehead atoms. The average molecular weight is 486 g/mol. The Morgan fingerprint density at radius 2 is 1.85 bits per heavy atom. The summed E-state index contributed by atoms with van der Waals surface area (Å²) in [6.07, 6.45) is 2.26. The third-order valence-electron chi connectivity index (χ3n) is 5.88. The van der Waals surface area contributed by atoms with Gasteiger partial charge in [-0.2, -0.15) is 0 Å². The van der Waals surface area contributed by atoms with Crippen molar-refractivity contribution in [3.63, 3.8) is 0 Å². The average Bonchev–Trinajstić information content (AvgIpc) is 3.56. The maximum absolute atomic E-state index is 13.3. The first-order chi connectivity index (χ1) is 16.3. The first-order valence-corrected chi connectivity index (χ1v) is 12.3. The van der Waals surface area contributed by atoms with E-state index >= 15 is 0 Å². The van der Waals surface area contributed by atoms with Crippen LogP contribution in [0.4, 0.5) is 0 Å². The van der Waals surface area contributed by atoms with Crippen LogP contribution in [-0.2, 0) is 14.3 Å². The van der Waals surface area contributed by atoms with Gasteiger partial charge < -0.3 is 24.4 Å². The number of allylic oxidation sites excluding steroid dienone is 1. The van der Waals surface area contributed by atoms with Crippen molar-refractivity contribution in [2.75, 3.05) is 20.8 Å². The molecule has 0 radical (unpaired) electrons. The lowest BCUT2D eigenvalue weighted by Crippen LogP contribution is -2.38.